The van der Waals surface area contributed by atoms with Crippen molar-refractivity contribution in [2.75, 3.05) is 13.2 Å². The van der Waals surface area contributed by atoms with Gasteiger partial charge in [-0.3, -0.25) is 4.79 Å². The second-order valence-corrected chi connectivity index (χ2v) is 7.48. The Morgan fingerprint density at radius 1 is 1.29 bits per heavy atom. The zero-order valence-electron chi connectivity index (χ0n) is 15.3. The molecule has 1 amide bonds. The van der Waals surface area contributed by atoms with Gasteiger partial charge in [-0.2, -0.15) is 13.2 Å². The summed E-state index contributed by atoms with van der Waals surface area (Å²) in [6, 6.07) is 7.77. The van der Waals surface area contributed by atoms with Crippen molar-refractivity contribution in [1.82, 2.24) is 14.9 Å². The fourth-order valence-corrected chi connectivity index (χ4v) is 4.00. The molecule has 1 aromatic carbocycles. The minimum absolute atomic E-state index is 0.0332. The normalized spacial score (nSPS) is 21.4. The Kier molecular flexibility index (Phi) is 5.03. The van der Waals surface area contributed by atoms with Gasteiger partial charge in [-0.05, 0) is 36.3 Å². The summed E-state index contributed by atoms with van der Waals surface area (Å²) in [7, 11) is 0. The van der Waals surface area contributed by atoms with E-state index in [1.807, 2.05) is 24.3 Å². The average molecular weight is 393 g/mol. The molecule has 0 spiro atoms. The molecule has 4 rings (SSSR count). The quantitative estimate of drug-likeness (QED) is 0.865. The van der Waals surface area contributed by atoms with Gasteiger partial charge in [0.15, 0.2) is 5.69 Å². The number of fused-ring (bicyclic) bond motifs is 2. The third-order valence-corrected chi connectivity index (χ3v) is 5.48. The number of aryl methyl sites for hydroxylation is 1. The first-order valence-electron chi connectivity index (χ1n) is 9.52. The van der Waals surface area contributed by atoms with E-state index in [1.165, 1.54) is 0 Å². The lowest BCUT2D eigenvalue weighted by Crippen LogP contribution is -2.34. The van der Waals surface area contributed by atoms with Crippen LogP contribution in [0.2, 0.25) is 0 Å². The minimum Gasteiger partial charge on any atom is -0.493 e. The van der Waals surface area contributed by atoms with E-state index in [4.69, 9.17) is 4.74 Å². The zero-order valence-corrected chi connectivity index (χ0v) is 15.3. The molecule has 2 aliphatic rings. The van der Waals surface area contributed by atoms with Crippen LogP contribution in [0.1, 0.15) is 42.3 Å². The highest BCUT2D eigenvalue weighted by Gasteiger charge is 2.35. The summed E-state index contributed by atoms with van der Waals surface area (Å²) < 4.78 is 45.6. The predicted octanol–water partition coefficient (Wildman–Crippen LogP) is 3.54. The Balaban J connectivity index is 1.31. The Morgan fingerprint density at radius 3 is 2.93 bits per heavy atom. The second kappa shape index (κ2) is 7.48. The molecule has 2 atom stereocenters. The molecule has 0 aliphatic carbocycles. The third-order valence-electron chi connectivity index (χ3n) is 5.48. The number of carbonyl (C=O) groups excluding carboxylic acids is 1. The van der Waals surface area contributed by atoms with Crippen molar-refractivity contribution in [3.63, 3.8) is 0 Å². The van der Waals surface area contributed by atoms with Crippen LogP contribution in [-0.2, 0) is 23.9 Å². The molecular weight excluding hydrogens is 371 g/mol. The van der Waals surface area contributed by atoms with E-state index in [1.54, 1.807) is 4.57 Å². The van der Waals surface area contributed by atoms with Gasteiger partial charge in [0, 0.05) is 32.1 Å². The molecule has 0 saturated heterocycles. The van der Waals surface area contributed by atoms with Crippen LogP contribution in [-0.4, -0.2) is 28.6 Å². The molecular formula is C20H22F3N3O2. The molecule has 0 fully saturated rings. The number of benzene rings is 1. The molecule has 0 bridgehead atoms. The maximum Gasteiger partial charge on any atom is 0.434 e. The highest BCUT2D eigenvalue weighted by atomic mass is 19.4. The summed E-state index contributed by atoms with van der Waals surface area (Å²) in [6.07, 6.45) is -0.955. The van der Waals surface area contributed by atoms with Gasteiger partial charge in [-0.25, -0.2) is 4.98 Å². The van der Waals surface area contributed by atoms with Crippen LogP contribution < -0.4 is 10.1 Å². The van der Waals surface area contributed by atoms with E-state index in [-0.39, 0.29) is 17.7 Å². The van der Waals surface area contributed by atoms with Crippen LogP contribution in [0.5, 0.6) is 5.75 Å². The van der Waals surface area contributed by atoms with Gasteiger partial charge in [-0.1, -0.05) is 18.2 Å². The third kappa shape index (κ3) is 4.00. The van der Waals surface area contributed by atoms with Gasteiger partial charge in [-0.15, -0.1) is 0 Å². The molecule has 28 heavy (non-hydrogen) atoms. The topological polar surface area (TPSA) is 56.1 Å². The molecule has 0 radical (unpaired) electrons. The van der Waals surface area contributed by atoms with Gasteiger partial charge in [0.2, 0.25) is 5.91 Å². The number of para-hydroxylation sites is 1. The lowest BCUT2D eigenvalue weighted by Gasteiger charge is -2.26. The summed E-state index contributed by atoms with van der Waals surface area (Å²) in [5.41, 5.74) is 0.217. The lowest BCUT2D eigenvalue weighted by atomic mass is 9.90. The number of halogens is 3. The van der Waals surface area contributed by atoms with Crippen molar-refractivity contribution in [3.05, 3.63) is 47.5 Å². The maximum atomic E-state index is 12.8. The lowest BCUT2D eigenvalue weighted by molar-refractivity contribution is -0.141. The van der Waals surface area contributed by atoms with Crippen molar-refractivity contribution >= 4 is 5.91 Å². The van der Waals surface area contributed by atoms with Crippen LogP contribution >= 0.6 is 0 Å². The molecule has 1 N–H and O–H groups in total. The summed E-state index contributed by atoms with van der Waals surface area (Å²) in [5.74, 6) is 1.51. The number of hydrogen-bond donors (Lipinski definition) is 1. The van der Waals surface area contributed by atoms with E-state index >= 15 is 0 Å². The summed E-state index contributed by atoms with van der Waals surface area (Å²) in [6.45, 7) is 1.50. The molecule has 3 heterocycles. The zero-order chi connectivity index (χ0) is 19.7. The van der Waals surface area contributed by atoms with Crippen LogP contribution in [0.3, 0.4) is 0 Å². The van der Waals surface area contributed by atoms with Gasteiger partial charge in [0.05, 0.1) is 6.61 Å². The molecule has 1 aromatic heterocycles. The number of hydrogen-bond acceptors (Lipinski definition) is 3. The van der Waals surface area contributed by atoms with E-state index in [0.29, 0.717) is 44.8 Å². The van der Waals surface area contributed by atoms with Gasteiger partial charge >= 0.3 is 6.18 Å². The number of rotatable bonds is 4. The fourth-order valence-electron chi connectivity index (χ4n) is 4.00. The molecule has 2 aromatic rings. The minimum atomic E-state index is -4.42. The summed E-state index contributed by atoms with van der Waals surface area (Å²) in [4.78, 5) is 16.1. The Morgan fingerprint density at radius 2 is 2.11 bits per heavy atom. The van der Waals surface area contributed by atoms with Gasteiger partial charge in [0.1, 0.15) is 11.6 Å². The van der Waals surface area contributed by atoms with Crippen molar-refractivity contribution in [2.24, 2.45) is 5.92 Å². The number of nitrogens with zero attached hydrogens (tertiary/aromatic N) is 2. The summed E-state index contributed by atoms with van der Waals surface area (Å²) in [5, 5.41) is 2.96. The number of nitrogens with one attached hydrogen (secondary N) is 1. The molecule has 150 valence electrons. The Labute approximate surface area is 160 Å². The van der Waals surface area contributed by atoms with Crippen molar-refractivity contribution in [2.45, 2.75) is 44.3 Å². The standard InChI is InChI=1S/C20H22F3N3O2/c21-20(22,23)17-12-26-11-13(5-6-18(26)25-17)10-24-19(27)9-14-7-8-28-16-4-2-1-3-15(14)16/h1-4,12-14H,5-11H2,(H,24,27). The SMILES string of the molecule is O=C(CC1CCOc2ccccc21)NCC1CCc2nc(C(F)(F)F)cn2C1. The van der Waals surface area contributed by atoms with Crippen LogP contribution in [0, 0.1) is 5.92 Å². The van der Waals surface area contributed by atoms with Crippen LogP contribution in [0.4, 0.5) is 13.2 Å². The first-order valence-corrected chi connectivity index (χ1v) is 9.52. The van der Waals surface area contributed by atoms with Crippen molar-refractivity contribution in [3.8, 4) is 5.75 Å². The van der Waals surface area contributed by atoms with E-state index in [9.17, 15) is 18.0 Å². The molecule has 0 saturated carbocycles. The van der Waals surface area contributed by atoms with E-state index in [2.05, 4.69) is 10.3 Å². The number of imidazole rings is 1. The van der Waals surface area contributed by atoms with Gasteiger partial charge in [0.25, 0.3) is 0 Å². The first kappa shape index (κ1) is 18.8. The van der Waals surface area contributed by atoms with Crippen LogP contribution in [0.15, 0.2) is 30.5 Å². The first-order chi connectivity index (χ1) is 13.4. The summed E-state index contributed by atoms with van der Waals surface area (Å²) >= 11 is 0. The molecule has 2 unspecified atom stereocenters. The highest BCUT2D eigenvalue weighted by molar-refractivity contribution is 5.77. The molecule has 5 nitrogen and oxygen atoms in total. The van der Waals surface area contributed by atoms with E-state index < -0.39 is 11.9 Å². The molecule has 2 aliphatic heterocycles. The van der Waals surface area contributed by atoms with E-state index in [0.717, 1.165) is 23.9 Å². The maximum absolute atomic E-state index is 12.8. The van der Waals surface area contributed by atoms with Crippen molar-refractivity contribution < 1.29 is 22.7 Å². The molecule has 8 heteroatoms. The average Bonchev–Trinajstić information content (AvgIpc) is 3.11. The number of aromatic nitrogens is 2. The number of alkyl halides is 3. The van der Waals surface area contributed by atoms with Gasteiger partial charge < -0.3 is 14.6 Å². The monoisotopic (exact) mass is 393 g/mol. The number of carbonyl (C=O) groups is 1. The fraction of sp³-hybridized carbons (Fsp3) is 0.500. The largest absolute Gasteiger partial charge is 0.493 e. The van der Waals surface area contributed by atoms with Crippen LogP contribution in [0.25, 0.3) is 0 Å². The smallest absolute Gasteiger partial charge is 0.434 e. The predicted molar refractivity (Wildman–Crippen MR) is 96.0 cm³/mol. The van der Waals surface area contributed by atoms with Crippen molar-refractivity contribution in [1.29, 1.82) is 0 Å². The Hall–Kier alpha value is -2.51. The number of ether oxygens (including phenoxy) is 1. The highest BCUT2D eigenvalue weighted by Crippen LogP contribution is 2.35. The number of amides is 1. The Bertz CT molecular complexity index is 863. The second-order valence-electron chi connectivity index (χ2n) is 7.48.